The fraction of sp³-hybridized carbons (Fsp3) is 0.455. The number of hydrogen-bond donors (Lipinski definition) is 1. The van der Waals surface area contributed by atoms with Gasteiger partial charge in [-0.3, -0.25) is 0 Å². The molecule has 13 heavy (non-hydrogen) atoms. The Labute approximate surface area is 78.0 Å². The molecular formula is C11H14FN. The van der Waals surface area contributed by atoms with E-state index in [0.29, 0.717) is 0 Å². The van der Waals surface area contributed by atoms with Crippen molar-refractivity contribution in [2.75, 3.05) is 13.1 Å². The topological polar surface area (TPSA) is 12.0 Å². The third-order valence-corrected chi connectivity index (χ3v) is 3.05. The summed E-state index contributed by atoms with van der Waals surface area (Å²) in [6.07, 6.45) is 1.00. The summed E-state index contributed by atoms with van der Waals surface area (Å²) in [7, 11) is 0. The highest BCUT2D eigenvalue weighted by atomic mass is 19.1. The van der Waals surface area contributed by atoms with Gasteiger partial charge in [-0.2, -0.15) is 0 Å². The van der Waals surface area contributed by atoms with E-state index < -0.39 is 0 Å². The van der Waals surface area contributed by atoms with Gasteiger partial charge in [-0.05, 0) is 18.1 Å². The summed E-state index contributed by atoms with van der Waals surface area (Å²) in [5.41, 5.74) is 0.932. The van der Waals surface area contributed by atoms with Crippen LogP contribution >= 0.6 is 0 Å². The molecule has 0 unspecified atom stereocenters. The average Bonchev–Trinajstić information content (AvgIpc) is 2.07. The SMILES string of the molecule is CCC1(c2ccccc2F)CNC1. The zero-order valence-electron chi connectivity index (χ0n) is 7.81. The van der Waals surface area contributed by atoms with Gasteiger partial charge < -0.3 is 5.32 Å². The predicted octanol–water partition coefficient (Wildman–Crippen LogP) is 2.08. The lowest BCUT2D eigenvalue weighted by Gasteiger charge is -2.42. The molecule has 1 nitrogen and oxygen atoms in total. The molecule has 1 N–H and O–H groups in total. The number of nitrogens with one attached hydrogen (secondary N) is 1. The van der Waals surface area contributed by atoms with Crippen molar-refractivity contribution in [2.45, 2.75) is 18.8 Å². The molecule has 0 bridgehead atoms. The van der Waals surface area contributed by atoms with Crippen molar-refractivity contribution in [2.24, 2.45) is 0 Å². The van der Waals surface area contributed by atoms with Gasteiger partial charge in [0.25, 0.3) is 0 Å². The Morgan fingerprint density at radius 2 is 2.08 bits per heavy atom. The normalized spacial score (nSPS) is 19.5. The largest absolute Gasteiger partial charge is 0.315 e. The lowest BCUT2D eigenvalue weighted by atomic mass is 9.73. The van der Waals surface area contributed by atoms with E-state index in [9.17, 15) is 4.39 Å². The second-order valence-corrected chi connectivity index (χ2v) is 3.72. The van der Waals surface area contributed by atoms with Crippen LogP contribution in [0.4, 0.5) is 4.39 Å². The van der Waals surface area contributed by atoms with Gasteiger partial charge in [-0.1, -0.05) is 25.1 Å². The second-order valence-electron chi connectivity index (χ2n) is 3.72. The Balaban J connectivity index is 2.38. The van der Waals surface area contributed by atoms with Crippen LogP contribution in [0.25, 0.3) is 0 Å². The minimum atomic E-state index is -0.0640. The smallest absolute Gasteiger partial charge is 0.127 e. The first-order valence-electron chi connectivity index (χ1n) is 4.74. The molecule has 1 heterocycles. The van der Waals surface area contributed by atoms with E-state index in [-0.39, 0.29) is 11.2 Å². The zero-order chi connectivity index (χ0) is 9.31. The van der Waals surface area contributed by atoms with Crippen molar-refractivity contribution < 1.29 is 4.39 Å². The Bertz CT molecular complexity index is 299. The van der Waals surface area contributed by atoms with Gasteiger partial charge in [0, 0.05) is 18.5 Å². The molecule has 0 aromatic heterocycles. The van der Waals surface area contributed by atoms with Crippen molar-refractivity contribution in [1.29, 1.82) is 0 Å². The number of rotatable bonds is 2. The predicted molar refractivity (Wildman–Crippen MR) is 51.2 cm³/mol. The third kappa shape index (κ3) is 1.25. The fourth-order valence-electron chi connectivity index (χ4n) is 1.95. The quantitative estimate of drug-likeness (QED) is 0.733. The molecular weight excluding hydrogens is 165 g/mol. The summed E-state index contributed by atoms with van der Waals surface area (Å²) in [5, 5.41) is 3.21. The Hall–Kier alpha value is -0.890. The van der Waals surface area contributed by atoms with Crippen LogP contribution in [-0.4, -0.2) is 13.1 Å². The molecule has 1 aliphatic rings. The molecule has 0 spiro atoms. The van der Waals surface area contributed by atoms with Crippen molar-refractivity contribution >= 4 is 0 Å². The van der Waals surface area contributed by atoms with Crippen molar-refractivity contribution in [1.82, 2.24) is 5.32 Å². The van der Waals surface area contributed by atoms with Gasteiger partial charge in [-0.15, -0.1) is 0 Å². The number of hydrogen-bond acceptors (Lipinski definition) is 1. The summed E-state index contributed by atoms with van der Waals surface area (Å²) in [5.74, 6) is -0.0640. The highest BCUT2D eigenvalue weighted by molar-refractivity contribution is 5.30. The minimum Gasteiger partial charge on any atom is -0.315 e. The average molecular weight is 179 g/mol. The maximum atomic E-state index is 13.5. The van der Waals surface area contributed by atoms with E-state index in [1.54, 1.807) is 12.1 Å². The molecule has 1 saturated heterocycles. The first-order valence-corrected chi connectivity index (χ1v) is 4.74. The fourth-order valence-corrected chi connectivity index (χ4v) is 1.95. The van der Waals surface area contributed by atoms with Gasteiger partial charge in [0.15, 0.2) is 0 Å². The van der Waals surface area contributed by atoms with Crippen LogP contribution in [0.3, 0.4) is 0 Å². The van der Waals surface area contributed by atoms with Crippen LogP contribution in [0.15, 0.2) is 24.3 Å². The molecule has 0 atom stereocenters. The van der Waals surface area contributed by atoms with E-state index in [4.69, 9.17) is 0 Å². The van der Waals surface area contributed by atoms with Crippen LogP contribution in [0.5, 0.6) is 0 Å². The van der Waals surface area contributed by atoms with Crippen molar-refractivity contribution in [3.05, 3.63) is 35.6 Å². The van der Waals surface area contributed by atoms with E-state index in [0.717, 1.165) is 25.1 Å². The molecule has 1 fully saturated rings. The van der Waals surface area contributed by atoms with Gasteiger partial charge >= 0.3 is 0 Å². The van der Waals surface area contributed by atoms with E-state index >= 15 is 0 Å². The van der Waals surface area contributed by atoms with Crippen LogP contribution in [0, 0.1) is 5.82 Å². The van der Waals surface area contributed by atoms with Crippen molar-refractivity contribution in [3.63, 3.8) is 0 Å². The van der Waals surface area contributed by atoms with E-state index in [1.165, 1.54) is 0 Å². The molecule has 2 rings (SSSR count). The molecule has 1 aromatic rings. The standard InChI is InChI=1S/C11H14FN/c1-2-11(7-13-8-11)9-5-3-4-6-10(9)12/h3-6,13H,2,7-8H2,1H3. The van der Waals surface area contributed by atoms with Gasteiger partial charge in [0.1, 0.15) is 5.82 Å². The highest BCUT2D eigenvalue weighted by Crippen LogP contribution is 2.33. The maximum absolute atomic E-state index is 13.5. The molecule has 1 aliphatic heterocycles. The summed E-state index contributed by atoms with van der Waals surface area (Å²) >= 11 is 0. The Morgan fingerprint density at radius 3 is 2.54 bits per heavy atom. The zero-order valence-corrected chi connectivity index (χ0v) is 7.81. The summed E-state index contributed by atoms with van der Waals surface area (Å²) < 4.78 is 13.5. The van der Waals surface area contributed by atoms with Gasteiger partial charge in [-0.25, -0.2) is 4.39 Å². The first-order chi connectivity index (χ1) is 6.28. The highest BCUT2D eigenvalue weighted by Gasteiger charge is 2.38. The van der Waals surface area contributed by atoms with Crippen LogP contribution in [0.2, 0.25) is 0 Å². The van der Waals surface area contributed by atoms with E-state index in [2.05, 4.69) is 12.2 Å². The van der Waals surface area contributed by atoms with Crippen LogP contribution in [0.1, 0.15) is 18.9 Å². The summed E-state index contributed by atoms with van der Waals surface area (Å²) in [6, 6.07) is 7.10. The second kappa shape index (κ2) is 3.11. The molecule has 1 aromatic carbocycles. The van der Waals surface area contributed by atoms with Gasteiger partial charge in [0.05, 0.1) is 0 Å². The van der Waals surface area contributed by atoms with Crippen LogP contribution < -0.4 is 5.32 Å². The Kier molecular flexibility index (Phi) is 2.08. The molecule has 70 valence electrons. The molecule has 2 heteroatoms. The lowest BCUT2D eigenvalue weighted by Crippen LogP contribution is -2.56. The monoisotopic (exact) mass is 179 g/mol. The molecule has 0 aliphatic carbocycles. The minimum absolute atomic E-state index is 0.0609. The molecule has 0 saturated carbocycles. The lowest BCUT2D eigenvalue weighted by molar-refractivity contribution is 0.259. The van der Waals surface area contributed by atoms with E-state index in [1.807, 2.05) is 12.1 Å². The Morgan fingerprint density at radius 1 is 1.38 bits per heavy atom. The van der Waals surface area contributed by atoms with Crippen LogP contribution in [-0.2, 0) is 5.41 Å². The number of halogens is 1. The molecule has 0 radical (unpaired) electrons. The summed E-state index contributed by atoms with van der Waals surface area (Å²) in [6.45, 7) is 3.93. The molecule has 0 amide bonds. The number of benzene rings is 1. The third-order valence-electron chi connectivity index (χ3n) is 3.05. The van der Waals surface area contributed by atoms with Crippen molar-refractivity contribution in [3.8, 4) is 0 Å². The first kappa shape index (κ1) is 8.70. The van der Waals surface area contributed by atoms with Gasteiger partial charge in [0.2, 0.25) is 0 Å². The summed E-state index contributed by atoms with van der Waals surface area (Å²) in [4.78, 5) is 0. The maximum Gasteiger partial charge on any atom is 0.127 e.